The molecule has 0 aliphatic carbocycles. The van der Waals surface area contributed by atoms with Gasteiger partial charge in [0.1, 0.15) is 5.15 Å². The lowest BCUT2D eigenvalue weighted by atomic mass is 10.1. The highest BCUT2D eigenvalue weighted by Gasteiger charge is 2.29. The third kappa shape index (κ3) is 7.47. The topological polar surface area (TPSA) is 69.6 Å². The number of nitrogens with one attached hydrogen (secondary N) is 2. The average molecular weight is 528 g/mol. The molecule has 2 N–H and O–H groups in total. The van der Waals surface area contributed by atoms with Crippen LogP contribution in [0.3, 0.4) is 0 Å². The number of likely N-dealkylation sites (tertiary alicyclic amines) is 1. The smallest absolute Gasteiger partial charge is 0.223 e. The SMILES string of the molecule is CN=C(NCc1ccc(Cl)nc1)NCC1CC(=O)N(CCc2ccccc2)C1.I. The predicted molar refractivity (Wildman–Crippen MR) is 128 cm³/mol. The molecular weight excluding hydrogens is 501 g/mol. The maximum Gasteiger partial charge on any atom is 0.223 e. The highest BCUT2D eigenvalue weighted by atomic mass is 127. The molecule has 29 heavy (non-hydrogen) atoms. The van der Waals surface area contributed by atoms with Crippen molar-refractivity contribution >= 4 is 47.4 Å². The zero-order chi connectivity index (χ0) is 19.8. The van der Waals surface area contributed by atoms with Crippen LogP contribution in [0.2, 0.25) is 5.15 Å². The van der Waals surface area contributed by atoms with Crippen molar-refractivity contribution in [3.63, 3.8) is 0 Å². The maximum absolute atomic E-state index is 12.3. The number of hydrogen-bond acceptors (Lipinski definition) is 3. The van der Waals surface area contributed by atoms with E-state index in [0.29, 0.717) is 36.5 Å². The molecular formula is C21H27ClIN5O. The average Bonchev–Trinajstić information content (AvgIpc) is 3.08. The number of hydrogen-bond donors (Lipinski definition) is 2. The van der Waals surface area contributed by atoms with E-state index in [1.165, 1.54) is 5.56 Å². The van der Waals surface area contributed by atoms with Gasteiger partial charge in [-0.3, -0.25) is 9.79 Å². The summed E-state index contributed by atoms with van der Waals surface area (Å²) in [6.45, 7) is 2.88. The first-order chi connectivity index (χ1) is 13.6. The van der Waals surface area contributed by atoms with Crippen molar-refractivity contribution in [1.29, 1.82) is 0 Å². The standard InChI is InChI=1S/C21H26ClN5O.HI/c1-23-21(25-13-17-7-8-19(22)24-12-17)26-14-18-11-20(28)27(15-18)10-9-16-5-3-2-4-6-16;/h2-8,12,18H,9-11,13-15H2,1H3,(H2,23,25,26);1H. The summed E-state index contributed by atoms with van der Waals surface area (Å²) in [7, 11) is 1.74. The molecule has 3 rings (SSSR count). The summed E-state index contributed by atoms with van der Waals surface area (Å²) >= 11 is 5.81. The second kappa shape index (κ2) is 12.0. The van der Waals surface area contributed by atoms with Crippen LogP contribution in [0.4, 0.5) is 0 Å². The van der Waals surface area contributed by atoms with Gasteiger partial charge in [-0.05, 0) is 23.6 Å². The quantitative estimate of drug-likeness (QED) is 0.251. The van der Waals surface area contributed by atoms with Gasteiger partial charge in [0.2, 0.25) is 5.91 Å². The fraction of sp³-hybridized carbons (Fsp3) is 0.381. The largest absolute Gasteiger partial charge is 0.356 e. The summed E-state index contributed by atoms with van der Waals surface area (Å²) < 4.78 is 0. The Bertz CT molecular complexity index is 800. The first kappa shape index (κ1) is 23.4. The van der Waals surface area contributed by atoms with Crippen molar-refractivity contribution in [2.75, 3.05) is 26.7 Å². The minimum atomic E-state index is 0. The molecule has 1 aromatic carbocycles. The lowest BCUT2D eigenvalue weighted by Crippen LogP contribution is -2.40. The Balaban J connectivity index is 0.00000300. The molecule has 1 fully saturated rings. The molecule has 1 aliphatic heterocycles. The molecule has 1 atom stereocenters. The molecule has 1 aromatic heterocycles. The van der Waals surface area contributed by atoms with Gasteiger partial charge in [0.05, 0.1) is 0 Å². The fourth-order valence-electron chi connectivity index (χ4n) is 3.27. The van der Waals surface area contributed by atoms with Crippen molar-refractivity contribution in [3.05, 3.63) is 64.9 Å². The minimum absolute atomic E-state index is 0. The van der Waals surface area contributed by atoms with Crippen LogP contribution in [0.5, 0.6) is 0 Å². The van der Waals surface area contributed by atoms with Crippen LogP contribution < -0.4 is 10.6 Å². The molecule has 2 heterocycles. The number of carbonyl (C=O) groups is 1. The van der Waals surface area contributed by atoms with Crippen molar-refractivity contribution in [2.45, 2.75) is 19.4 Å². The Morgan fingerprint density at radius 2 is 2.00 bits per heavy atom. The fourth-order valence-corrected chi connectivity index (χ4v) is 3.39. The van der Waals surface area contributed by atoms with E-state index < -0.39 is 0 Å². The molecule has 6 nitrogen and oxygen atoms in total. The summed E-state index contributed by atoms with van der Waals surface area (Å²) in [6, 6.07) is 14.0. The van der Waals surface area contributed by atoms with E-state index in [0.717, 1.165) is 25.1 Å². The Hall–Kier alpha value is -1.87. The van der Waals surface area contributed by atoms with Gasteiger partial charge in [-0.25, -0.2) is 4.98 Å². The minimum Gasteiger partial charge on any atom is -0.356 e. The molecule has 1 amide bonds. The van der Waals surface area contributed by atoms with E-state index in [1.54, 1.807) is 19.3 Å². The molecule has 1 saturated heterocycles. The number of amides is 1. The third-order valence-electron chi connectivity index (χ3n) is 4.84. The number of carbonyl (C=O) groups excluding carboxylic acids is 1. The van der Waals surface area contributed by atoms with Crippen molar-refractivity contribution in [3.8, 4) is 0 Å². The third-order valence-corrected chi connectivity index (χ3v) is 5.06. The molecule has 2 aromatic rings. The molecule has 0 bridgehead atoms. The number of guanidine groups is 1. The predicted octanol–water partition coefficient (Wildman–Crippen LogP) is 3.11. The molecule has 156 valence electrons. The van der Waals surface area contributed by atoms with Crippen LogP contribution in [0.15, 0.2) is 53.7 Å². The normalized spacial score (nSPS) is 16.5. The highest BCUT2D eigenvalue weighted by molar-refractivity contribution is 14.0. The van der Waals surface area contributed by atoms with Gasteiger partial charge < -0.3 is 15.5 Å². The number of benzene rings is 1. The second-order valence-corrected chi connectivity index (χ2v) is 7.33. The van der Waals surface area contributed by atoms with Gasteiger partial charge in [-0.1, -0.05) is 48.0 Å². The first-order valence-electron chi connectivity index (χ1n) is 9.50. The van der Waals surface area contributed by atoms with Crippen LogP contribution in [0, 0.1) is 5.92 Å². The number of aromatic nitrogens is 1. The van der Waals surface area contributed by atoms with Crippen molar-refractivity contribution < 1.29 is 4.79 Å². The number of aliphatic imine (C=N–C) groups is 1. The molecule has 1 aliphatic rings. The van der Waals surface area contributed by atoms with Gasteiger partial charge >= 0.3 is 0 Å². The number of halogens is 2. The number of rotatable bonds is 7. The molecule has 1 unspecified atom stereocenters. The van der Waals surface area contributed by atoms with Gasteiger partial charge in [0.25, 0.3) is 0 Å². The maximum atomic E-state index is 12.3. The van der Waals surface area contributed by atoms with E-state index in [-0.39, 0.29) is 29.9 Å². The van der Waals surface area contributed by atoms with E-state index in [9.17, 15) is 4.79 Å². The Labute approximate surface area is 194 Å². The molecule has 8 heteroatoms. The van der Waals surface area contributed by atoms with Gasteiger partial charge in [0.15, 0.2) is 5.96 Å². The van der Waals surface area contributed by atoms with Gasteiger partial charge in [-0.15, -0.1) is 24.0 Å². The van der Waals surface area contributed by atoms with Gasteiger partial charge in [-0.2, -0.15) is 0 Å². The number of nitrogens with zero attached hydrogens (tertiary/aromatic N) is 3. The molecule has 0 spiro atoms. The Kier molecular flexibility index (Phi) is 9.66. The first-order valence-corrected chi connectivity index (χ1v) is 9.88. The zero-order valence-corrected chi connectivity index (χ0v) is 19.6. The highest BCUT2D eigenvalue weighted by Crippen LogP contribution is 2.17. The summed E-state index contributed by atoms with van der Waals surface area (Å²) in [5.41, 5.74) is 2.29. The Morgan fingerprint density at radius 3 is 2.69 bits per heavy atom. The van der Waals surface area contributed by atoms with Crippen LogP contribution in [-0.2, 0) is 17.8 Å². The van der Waals surface area contributed by atoms with Crippen LogP contribution >= 0.6 is 35.6 Å². The lowest BCUT2D eigenvalue weighted by molar-refractivity contribution is -0.127. The van der Waals surface area contributed by atoms with Crippen LogP contribution in [-0.4, -0.2) is 48.4 Å². The van der Waals surface area contributed by atoms with E-state index in [4.69, 9.17) is 11.6 Å². The molecule has 0 radical (unpaired) electrons. The van der Waals surface area contributed by atoms with Gasteiger partial charge in [0, 0.05) is 51.8 Å². The summed E-state index contributed by atoms with van der Waals surface area (Å²) in [6.07, 6.45) is 3.22. The lowest BCUT2D eigenvalue weighted by Gasteiger charge is -2.18. The second-order valence-electron chi connectivity index (χ2n) is 6.94. The van der Waals surface area contributed by atoms with E-state index >= 15 is 0 Å². The van der Waals surface area contributed by atoms with E-state index in [2.05, 4.69) is 32.7 Å². The van der Waals surface area contributed by atoms with Crippen molar-refractivity contribution in [2.24, 2.45) is 10.9 Å². The summed E-state index contributed by atoms with van der Waals surface area (Å²) in [5, 5.41) is 7.06. The number of pyridine rings is 1. The Morgan fingerprint density at radius 1 is 1.21 bits per heavy atom. The van der Waals surface area contributed by atoms with Crippen LogP contribution in [0.25, 0.3) is 0 Å². The summed E-state index contributed by atoms with van der Waals surface area (Å²) in [4.78, 5) is 22.6. The molecule has 0 saturated carbocycles. The summed E-state index contributed by atoms with van der Waals surface area (Å²) in [5.74, 6) is 1.24. The van der Waals surface area contributed by atoms with Crippen LogP contribution in [0.1, 0.15) is 17.5 Å². The van der Waals surface area contributed by atoms with Crippen molar-refractivity contribution in [1.82, 2.24) is 20.5 Å². The monoisotopic (exact) mass is 527 g/mol. The van der Waals surface area contributed by atoms with E-state index in [1.807, 2.05) is 29.2 Å². The zero-order valence-electron chi connectivity index (χ0n) is 16.5.